The number of carbonyl (C=O) groups is 1. The van der Waals surface area contributed by atoms with Gasteiger partial charge in [0, 0.05) is 18.5 Å². The second kappa shape index (κ2) is 7.28. The quantitative estimate of drug-likeness (QED) is 0.850. The largest absolute Gasteiger partial charge is 0.340 e. The van der Waals surface area contributed by atoms with E-state index in [9.17, 15) is 4.79 Å². The summed E-state index contributed by atoms with van der Waals surface area (Å²) in [6.45, 7) is 3.77. The third kappa shape index (κ3) is 3.71. The van der Waals surface area contributed by atoms with Gasteiger partial charge in [-0.15, -0.1) is 0 Å². The molecule has 2 rings (SSSR count). The van der Waals surface area contributed by atoms with Gasteiger partial charge in [-0.2, -0.15) is 0 Å². The van der Waals surface area contributed by atoms with Crippen LogP contribution in [-0.4, -0.2) is 29.9 Å². The minimum absolute atomic E-state index is 0.254. The second-order valence-corrected chi connectivity index (χ2v) is 6.38. The highest BCUT2D eigenvalue weighted by Crippen LogP contribution is 2.32. The molecule has 2 N–H and O–H groups in total. The highest BCUT2D eigenvalue weighted by Gasteiger charge is 2.32. The molecule has 0 aromatic carbocycles. The van der Waals surface area contributed by atoms with E-state index in [1.54, 1.807) is 0 Å². The zero-order valence-corrected chi connectivity index (χ0v) is 12.4. The van der Waals surface area contributed by atoms with Crippen LogP contribution in [0.25, 0.3) is 0 Å². The van der Waals surface area contributed by atoms with Gasteiger partial charge in [0.2, 0.25) is 5.91 Å². The minimum atomic E-state index is 0.254. The molecule has 19 heavy (non-hydrogen) atoms. The number of nitrogens with two attached hydrogens (primary N) is 1. The maximum absolute atomic E-state index is 12.8. The van der Waals surface area contributed by atoms with E-state index in [2.05, 4.69) is 11.8 Å². The second-order valence-electron chi connectivity index (χ2n) is 6.38. The predicted molar refractivity (Wildman–Crippen MR) is 78.8 cm³/mol. The molecule has 0 bridgehead atoms. The Morgan fingerprint density at radius 3 is 2.47 bits per heavy atom. The van der Waals surface area contributed by atoms with Crippen LogP contribution in [0.15, 0.2) is 0 Å². The Kier molecular flexibility index (Phi) is 5.68. The maximum Gasteiger partial charge on any atom is 0.225 e. The van der Waals surface area contributed by atoms with E-state index in [1.807, 2.05) is 0 Å². The lowest BCUT2D eigenvalue weighted by atomic mass is 9.80. The van der Waals surface area contributed by atoms with Crippen LogP contribution in [0.5, 0.6) is 0 Å². The Labute approximate surface area is 117 Å². The van der Waals surface area contributed by atoms with E-state index in [4.69, 9.17) is 5.73 Å². The molecule has 1 amide bonds. The zero-order chi connectivity index (χ0) is 13.7. The van der Waals surface area contributed by atoms with Crippen molar-refractivity contribution in [2.24, 2.45) is 17.6 Å². The summed E-state index contributed by atoms with van der Waals surface area (Å²) < 4.78 is 0. The summed E-state index contributed by atoms with van der Waals surface area (Å²) in [4.78, 5) is 15.0. The van der Waals surface area contributed by atoms with Crippen LogP contribution in [0.1, 0.15) is 64.7 Å². The van der Waals surface area contributed by atoms with Crippen LogP contribution in [0.3, 0.4) is 0 Å². The molecular formula is C16H30N2O. The lowest BCUT2D eigenvalue weighted by Gasteiger charge is -2.38. The lowest BCUT2D eigenvalue weighted by Crippen LogP contribution is -2.45. The van der Waals surface area contributed by atoms with Crippen LogP contribution in [-0.2, 0) is 4.79 Å². The molecule has 0 aliphatic heterocycles. The van der Waals surface area contributed by atoms with Crippen LogP contribution in [0.2, 0.25) is 0 Å². The van der Waals surface area contributed by atoms with Gasteiger partial charge in [0.15, 0.2) is 0 Å². The van der Waals surface area contributed by atoms with E-state index in [-0.39, 0.29) is 5.92 Å². The van der Waals surface area contributed by atoms with E-state index >= 15 is 0 Å². The fourth-order valence-electron chi connectivity index (χ4n) is 3.95. The molecule has 3 nitrogen and oxygen atoms in total. The van der Waals surface area contributed by atoms with Crippen LogP contribution in [0, 0.1) is 11.8 Å². The van der Waals surface area contributed by atoms with E-state index in [1.165, 1.54) is 44.9 Å². The molecule has 2 aliphatic carbocycles. The van der Waals surface area contributed by atoms with Gasteiger partial charge in [-0.1, -0.05) is 25.7 Å². The van der Waals surface area contributed by atoms with Gasteiger partial charge in [-0.05, 0) is 51.5 Å². The van der Waals surface area contributed by atoms with Crippen molar-refractivity contribution in [1.82, 2.24) is 4.90 Å². The summed E-state index contributed by atoms with van der Waals surface area (Å²) in [6.07, 6.45) is 10.9. The Morgan fingerprint density at radius 1 is 1.11 bits per heavy atom. The highest BCUT2D eigenvalue weighted by atomic mass is 16.2. The summed E-state index contributed by atoms with van der Waals surface area (Å²) in [5, 5.41) is 0. The Hall–Kier alpha value is -0.570. The Balaban J connectivity index is 1.95. The Bertz CT molecular complexity index is 286. The van der Waals surface area contributed by atoms with Gasteiger partial charge in [0.25, 0.3) is 0 Å². The van der Waals surface area contributed by atoms with Crippen molar-refractivity contribution in [3.8, 4) is 0 Å². The topological polar surface area (TPSA) is 46.3 Å². The minimum Gasteiger partial charge on any atom is -0.340 e. The molecule has 0 heterocycles. The molecule has 2 unspecified atom stereocenters. The molecule has 2 aliphatic rings. The molecule has 2 saturated carbocycles. The third-order valence-electron chi connectivity index (χ3n) is 5.10. The summed E-state index contributed by atoms with van der Waals surface area (Å²) in [5.74, 6) is 1.25. The SMILES string of the molecule is CCN(C(=O)C1CCCC(CN)C1)C1CCCCC1. The van der Waals surface area contributed by atoms with Gasteiger partial charge in [0.05, 0.1) is 0 Å². The maximum atomic E-state index is 12.8. The van der Waals surface area contributed by atoms with Crippen LogP contribution >= 0.6 is 0 Å². The summed E-state index contributed by atoms with van der Waals surface area (Å²) >= 11 is 0. The van der Waals surface area contributed by atoms with Gasteiger partial charge < -0.3 is 10.6 Å². The van der Waals surface area contributed by atoms with Crippen molar-refractivity contribution < 1.29 is 4.79 Å². The van der Waals surface area contributed by atoms with Gasteiger partial charge in [-0.25, -0.2) is 0 Å². The number of hydrogen-bond donors (Lipinski definition) is 1. The van der Waals surface area contributed by atoms with Crippen molar-refractivity contribution >= 4 is 5.91 Å². The average molecular weight is 266 g/mol. The molecule has 0 aromatic rings. The third-order valence-corrected chi connectivity index (χ3v) is 5.10. The van der Waals surface area contributed by atoms with E-state index in [0.29, 0.717) is 17.9 Å². The molecular weight excluding hydrogens is 236 g/mol. The van der Waals surface area contributed by atoms with E-state index < -0.39 is 0 Å². The number of rotatable bonds is 4. The first-order valence-electron chi connectivity index (χ1n) is 8.26. The smallest absolute Gasteiger partial charge is 0.225 e. The molecule has 0 radical (unpaired) electrons. The molecule has 0 spiro atoms. The average Bonchev–Trinajstić information content (AvgIpc) is 2.49. The first-order valence-corrected chi connectivity index (χ1v) is 8.26. The van der Waals surface area contributed by atoms with Crippen molar-refractivity contribution in [3.05, 3.63) is 0 Å². The molecule has 3 heteroatoms. The molecule has 2 fully saturated rings. The summed E-state index contributed by atoms with van der Waals surface area (Å²) in [5.41, 5.74) is 5.79. The molecule has 110 valence electrons. The fraction of sp³-hybridized carbons (Fsp3) is 0.938. The fourth-order valence-corrected chi connectivity index (χ4v) is 3.95. The zero-order valence-electron chi connectivity index (χ0n) is 12.4. The number of carbonyl (C=O) groups excluding carboxylic acids is 1. The molecule has 0 aromatic heterocycles. The van der Waals surface area contributed by atoms with Crippen LogP contribution < -0.4 is 5.73 Å². The first kappa shape index (κ1) is 14.8. The number of hydrogen-bond acceptors (Lipinski definition) is 2. The van der Waals surface area contributed by atoms with Crippen molar-refractivity contribution in [2.45, 2.75) is 70.8 Å². The van der Waals surface area contributed by atoms with Crippen molar-refractivity contribution in [1.29, 1.82) is 0 Å². The first-order chi connectivity index (χ1) is 9.26. The monoisotopic (exact) mass is 266 g/mol. The van der Waals surface area contributed by atoms with Crippen molar-refractivity contribution in [2.75, 3.05) is 13.1 Å². The lowest BCUT2D eigenvalue weighted by molar-refractivity contribution is -0.140. The normalized spacial score (nSPS) is 29.2. The summed E-state index contributed by atoms with van der Waals surface area (Å²) in [6, 6.07) is 0.518. The molecule has 2 atom stereocenters. The number of amides is 1. The highest BCUT2D eigenvalue weighted by molar-refractivity contribution is 5.79. The van der Waals surface area contributed by atoms with Crippen LogP contribution in [0.4, 0.5) is 0 Å². The standard InChI is InChI=1S/C16H30N2O/c1-2-18(15-9-4-3-5-10-15)16(19)14-8-6-7-13(11-14)12-17/h13-15H,2-12,17H2,1H3. The Morgan fingerprint density at radius 2 is 1.84 bits per heavy atom. The van der Waals surface area contributed by atoms with Gasteiger partial charge in [-0.3, -0.25) is 4.79 Å². The van der Waals surface area contributed by atoms with Gasteiger partial charge in [0.1, 0.15) is 0 Å². The summed E-state index contributed by atoms with van der Waals surface area (Å²) in [7, 11) is 0. The van der Waals surface area contributed by atoms with Gasteiger partial charge >= 0.3 is 0 Å². The molecule has 0 saturated heterocycles. The number of nitrogens with zero attached hydrogens (tertiary/aromatic N) is 1. The predicted octanol–water partition coefficient (Wildman–Crippen LogP) is 2.93. The van der Waals surface area contributed by atoms with Crippen molar-refractivity contribution in [3.63, 3.8) is 0 Å². The van der Waals surface area contributed by atoms with E-state index in [0.717, 1.165) is 25.9 Å².